The predicted molar refractivity (Wildman–Crippen MR) is 119 cm³/mol. The Morgan fingerprint density at radius 3 is 2.40 bits per heavy atom. The van der Waals surface area contributed by atoms with E-state index in [0.717, 1.165) is 33.2 Å². The Labute approximate surface area is 174 Å². The number of rotatable bonds is 5. The molecule has 30 heavy (non-hydrogen) atoms. The Hall–Kier alpha value is -3.34. The van der Waals surface area contributed by atoms with Gasteiger partial charge in [-0.3, -0.25) is 4.79 Å². The molecule has 5 nitrogen and oxygen atoms in total. The van der Waals surface area contributed by atoms with Crippen molar-refractivity contribution in [3.8, 4) is 11.1 Å². The molecule has 0 radical (unpaired) electrons. The highest BCUT2D eigenvalue weighted by molar-refractivity contribution is 6.03. The summed E-state index contributed by atoms with van der Waals surface area (Å²) in [6.45, 7) is 7.68. The first kappa shape index (κ1) is 20.0. The average molecular weight is 403 g/mol. The minimum absolute atomic E-state index is 0.0700. The summed E-state index contributed by atoms with van der Waals surface area (Å²) < 4.78 is 11.6. The summed E-state index contributed by atoms with van der Waals surface area (Å²) in [7, 11) is 0. The van der Waals surface area contributed by atoms with Gasteiger partial charge in [0, 0.05) is 40.4 Å². The molecule has 0 atom stereocenters. The molecule has 2 heterocycles. The van der Waals surface area contributed by atoms with Crippen molar-refractivity contribution in [2.24, 2.45) is 0 Å². The van der Waals surface area contributed by atoms with Gasteiger partial charge in [0.1, 0.15) is 16.9 Å². The number of carbonyl (C=O) groups excluding carboxylic acids is 1. The first-order valence-corrected chi connectivity index (χ1v) is 10.2. The number of aryl methyl sites for hydroxylation is 2. The van der Waals surface area contributed by atoms with E-state index in [4.69, 9.17) is 8.83 Å². The van der Waals surface area contributed by atoms with Gasteiger partial charge < -0.3 is 14.2 Å². The van der Waals surface area contributed by atoms with Crippen molar-refractivity contribution in [3.05, 3.63) is 69.8 Å². The molecule has 0 aliphatic rings. The monoisotopic (exact) mass is 403 g/mol. The van der Waals surface area contributed by atoms with E-state index in [-0.39, 0.29) is 18.4 Å². The smallest absolute Gasteiger partial charge is 0.339 e. The van der Waals surface area contributed by atoms with E-state index in [1.807, 2.05) is 52.0 Å². The van der Waals surface area contributed by atoms with Crippen LogP contribution in [0.4, 0.5) is 0 Å². The van der Waals surface area contributed by atoms with Gasteiger partial charge in [-0.25, -0.2) is 4.79 Å². The summed E-state index contributed by atoms with van der Waals surface area (Å²) >= 11 is 0. The fourth-order valence-electron chi connectivity index (χ4n) is 3.99. The first-order valence-electron chi connectivity index (χ1n) is 10.2. The van der Waals surface area contributed by atoms with E-state index in [2.05, 4.69) is 17.4 Å². The molecule has 0 bridgehead atoms. The second-order valence-electron chi connectivity index (χ2n) is 7.96. The van der Waals surface area contributed by atoms with Crippen molar-refractivity contribution < 1.29 is 13.6 Å². The standard InChI is InChI=1S/C25H25NO4/c1-14(2)26-23(27)11-10-18-15(3)19-12-20-22(13-21(19)30-25(18)28)29-16(4)24(20)17-8-6-5-7-9-17/h5-9,12-14H,10-11H2,1-4H3,(H,26,27). The zero-order valence-corrected chi connectivity index (χ0v) is 17.7. The molecule has 5 heteroatoms. The van der Waals surface area contributed by atoms with Gasteiger partial charge in [0.05, 0.1) is 0 Å². The third-order valence-corrected chi connectivity index (χ3v) is 5.39. The van der Waals surface area contributed by atoms with Crippen LogP contribution >= 0.6 is 0 Å². The summed E-state index contributed by atoms with van der Waals surface area (Å²) in [6.07, 6.45) is 0.592. The molecule has 0 saturated heterocycles. The Kier molecular flexibility index (Phi) is 5.20. The summed E-state index contributed by atoms with van der Waals surface area (Å²) in [5.74, 6) is 0.744. The molecule has 154 valence electrons. The normalized spacial score (nSPS) is 11.5. The highest BCUT2D eigenvalue weighted by Crippen LogP contribution is 2.37. The highest BCUT2D eigenvalue weighted by Gasteiger charge is 2.18. The molecule has 0 saturated carbocycles. The number of furan rings is 1. The van der Waals surface area contributed by atoms with Gasteiger partial charge in [-0.15, -0.1) is 0 Å². The van der Waals surface area contributed by atoms with E-state index in [0.29, 0.717) is 23.2 Å². The van der Waals surface area contributed by atoms with Gasteiger partial charge in [0.15, 0.2) is 0 Å². The van der Waals surface area contributed by atoms with E-state index in [1.54, 1.807) is 6.07 Å². The third kappa shape index (κ3) is 3.63. The lowest BCUT2D eigenvalue weighted by Gasteiger charge is -2.10. The molecule has 4 rings (SSSR count). The molecule has 0 aliphatic heterocycles. The molecule has 0 unspecified atom stereocenters. The van der Waals surface area contributed by atoms with Crippen molar-refractivity contribution in [2.75, 3.05) is 0 Å². The minimum Gasteiger partial charge on any atom is -0.461 e. The van der Waals surface area contributed by atoms with Crippen LogP contribution in [0.3, 0.4) is 0 Å². The SMILES string of the molecule is Cc1oc2cc3oc(=O)c(CCC(=O)NC(C)C)c(C)c3cc2c1-c1ccccc1. The summed E-state index contributed by atoms with van der Waals surface area (Å²) in [4.78, 5) is 24.6. The van der Waals surface area contributed by atoms with Crippen LogP contribution in [-0.4, -0.2) is 11.9 Å². The van der Waals surface area contributed by atoms with Crippen molar-refractivity contribution in [3.63, 3.8) is 0 Å². The van der Waals surface area contributed by atoms with Gasteiger partial charge in [0.25, 0.3) is 0 Å². The molecule has 1 amide bonds. The van der Waals surface area contributed by atoms with Crippen LogP contribution in [0, 0.1) is 13.8 Å². The van der Waals surface area contributed by atoms with Crippen LogP contribution in [-0.2, 0) is 11.2 Å². The summed E-state index contributed by atoms with van der Waals surface area (Å²) in [5, 5.41) is 4.70. The Balaban J connectivity index is 1.83. The van der Waals surface area contributed by atoms with Crippen LogP contribution in [0.15, 0.2) is 56.1 Å². The van der Waals surface area contributed by atoms with Gasteiger partial charge in [-0.05, 0) is 51.3 Å². The number of hydrogen-bond donors (Lipinski definition) is 1. The lowest BCUT2D eigenvalue weighted by atomic mass is 9.98. The molecule has 2 aromatic carbocycles. The number of hydrogen-bond acceptors (Lipinski definition) is 4. The maximum absolute atomic E-state index is 12.6. The lowest BCUT2D eigenvalue weighted by molar-refractivity contribution is -0.121. The molecule has 0 aliphatic carbocycles. The number of carbonyl (C=O) groups is 1. The minimum atomic E-state index is -0.400. The molecule has 1 N–H and O–H groups in total. The number of fused-ring (bicyclic) bond motifs is 2. The van der Waals surface area contributed by atoms with Crippen LogP contribution in [0.25, 0.3) is 33.1 Å². The Morgan fingerprint density at radius 2 is 1.70 bits per heavy atom. The maximum Gasteiger partial charge on any atom is 0.339 e. The lowest BCUT2D eigenvalue weighted by Crippen LogP contribution is -2.30. The van der Waals surface area contributed by atoms with Gasteiger partial charge in [-0.1, -0.05) is 30.3 Å². The zero-order chi connectivity index (χ0) is 21.4. The third-order valence-electron chi connectivity index (χ3n) is 5.39. The highest BCUT2D eigenvalue weighted by atomic mass is 16.4. The van der Waals surface area contributed by atoms with Crippen LogP contribution < -0.4 is 10.9 Å². The summed E-state index contributed by atoms with van der Waals surface area (Å²) in [6, 6.07) is 14.0. The predicted octanol–water partition coefficient (Wildman–Crippen LogP) is 5.28. The Morgan fingerprint density at radius 1 is 1.00 bits per heavy atom. The molecule has 0 spiro atoms. The molecule has 2 aromatic heterocycles. The van der Waals surface area contributed by atoms with E-state index < -0.39 is 5.63 Å². The van der Waals surface area contributed by atoms with Crippen molar-refractivity contribution in [1.29, 1.82) is 0 Å². The van der Waals surface area contributed by atoms with E-state index in [1.165, 1.54) is 0 Å². The second kappa shape index (κ2) is 7.82. The van der Waals surface area contributed by atoms with Gasteiger partial charge in [-0.2, -0.15) is 0 Å². The Bertz CT molecular complexity index is 1300. The topological polar surface area (TPSA) is 72.5 Å². The van der Waals surface area contributed by atoms with Crippen molar-refractivity contribution in [1.82, 2.24) is 5.32 Å². The van der Waals surface area contributed by atoms with E-state index in [9.17, 15) is 9.59 Å². The number of nitrogens with one attached hydrogen (secondary N) is 1. The fourth-order valence-corrected chi connectivity index (χ4v) is 3.99. The molecular weight excluding hydrogens is 378 g/mol. The average Bonchev–Trinajstić information content (AvgIpc) is 3.01. The number of amides is 1. The largest absolute Gasteiger partial charge is 0.461 e. The van der Waals surface area contributed by atoms with Crippen LogP contribution in [0.2, 0.25) is 0 Å². The second-order valence-corrected chi connectivity index (χ2v) is 7.96. The van der Waals surface area contributed by atoms with Crippen LogP contribution in [0.5, 0.6) is 0 Å². The molecular formula is C25H25NO4. The maximum atomic E-state index is 12.6. The van der Waals surface area contributed by atoms with Crippen molar-refractivity contribution in [2.45, 2.75) is 46.6 Å². The molecule has 0 fully saturated rings. The van der Waals surface area contributed by atoms with Crippen molar-refractivity contribution >= 4 is 27.8 Å². The van der Waals surface area contributed by atoms with Crippen LogP contribution in [0.1, 0.15) is 37.2 Å². The first-order chi connectivity index (χ1) is 14.3. The summed E-state index contributed by atoms with van der Waals surface area (Å²) in [5.41, 5.74) is 4.28. The van der Waals surface area contributed by atoms with Gasteiger partial charge >= 0.3 is 5.63 Å². The zero-order valence-electron chi connectivity index (χ0n) is 17.7. The fraction of sp³-hybridized carbons (Fsp3) is 0.280. The number of benzene rings is 2. The quantitative estimate of drug-likeness (QED) is 0.460. The van der Waals surface area contributed by atoms with Gasteiger partial charge in [0.2, 0.25) is 5.91 Å². The van der Waals surface area contributed by atoms with E-state index >= 15 is 0 Å². The molecule has 4 aromatic rings.